The summed E-state index contributed by atoms with van der Waals surface area (Å²) < 4.78 is 5.79. The highest BCUT2D eigenvalue weighted by molar-refractivity contribution is 8.00. The molecule has 1 aliphatic heterocycles. The molecule has 0 spiro atoms. The summed E-state index contributed by atoms with van der Waals surface area (Å²) in [6.07, 6.45) is 2.16. The Morgan fingerprint density at radius 3 is 2.41 bits per heavy atom. The van der Waals surface area contributed by atoms with Crippen molar-refractivity contribution in [3.63, 3.8) is 0 Å². The third-order valence-electron chi connectivity index (χ3n) is 5.13. The van der Waals surface area contributed by atoms with Gasteiger partial charge >= 0.3 is 0 Å². The highest BCUT2D eigenvalue weighted by Crippen LogP contribution is 2.29. The number of carbonyl (C=O) groups excluding carboxylic acids is 1. The van der Waals surface area contributed by atoms with E-state index in [9.17, 15) is 4.79 Å². The van der Waals surface area contributed by atoms with Crippen LogP contribution in [0.25, 0.3) is 11.5 Å². The Morgan fingerprint density at radius 2 is 1.81 bits per heavy atom. The smallest absolute Gasteiger partial charge is 0.277 e. The van der Waals surface area contributed by atoms with Gasteiger partial charge in [0, 0.05) is 18.7 Å². The van der Waals surface area contributed by atoms with Crippen LogP contribution in [0.4, 0.5) is 0 Å². The third kappa shape index (κ3) is 4.92. The van der Waals surface area contributed by atoms with Gasteiger partial charge in [0.05, 0.1) is 5.25 Å². The first-order valence-corrected chi connectivity index (χ1v) is 10.5. The van der Waals surface area contributed by atoms with Crippen LogP contribution < -0.4 is 0 Å². The molecule has 27 heavy (non-hydrogen) atoms. The normalized spacial score (nSPS) is 17.1. The summed E-state index contributed by atoms with van der Waals surface area (Å²) in [6.45, 7) is 12.4. The molecular weight excluding hydrogens is 358 g/mol. The highest BCUT2D eigenvalue weighted by atomic mass is 32.2. The van der Waals surface area contributed by atoms with Crippen molar-refractivity contribution < 1.29 is 9.21 Å². The minimum absolute atomic E-state index is 0.108. The Hall–Kier alpha value is -1.82. The molecule has 0 unspecified atom stereocenters. The minimum Gasteiger partial charge on any atom is -0.411 e. The first kappa shape index (κ1) is 19.9. The van der Waals surface area contributed by atoms with Gasteiger partial charge in [-0.3, -0.25) is 4.79 Å². The van der Waals surface area contributed by atoms with E-state index in [1.807, 2.05) is 24.0 Å². The van der Waals surface area contributed by atoms with E-state index >= 15 is 0 Å². The van der Waals surface area contributed by atoms with Gasteiger partial charge in [0.25, 0.3) is 5.22 Å². The van der Waals surface area contributed by atoms with E-state index in [0.29, 0.717) is 17.0 Å². The molecule has 1 saturated heterocycles. The topological polar surface area (TPSA) is 59.2 Å². The second-order valence-electron chi connectivity index (χ2n) is 8.47. The number of rotatable bonds is 4. The van der Waals surface area contributed by atoms with Gasteiger partial charge in [-0.15, -0.1) is 10.2 Å². The molecule has 0 N–H and O–H groups in total. The Balaban J connectivity index is 1.63. The van der Waals surface area contributed by atoms with Crippen LogP contribution >= 0.6 is 11.8 Å². The quantitative estimate of drug-likeness (QED) is 0.707. The van der Waals surface area contributed by atoms with E-state index in [1.54, 1.807) is 0 Å². The number of piperidine rings is 1. The van der Waals surface area contributed by atoms with Crippen molar-refractivity contribution in [2.45, 2.75) is 63.3 Å². The van der Waals surface area contributed by atoms with Crippen molar-refractivity contribution in [3.05, 3.63) is 29.8 Å². The predicted octanol–water partition coefficient (Wildman–Crippen LogP) is 4.77. The molecule has 1 aromatic heterocycles. The van der Waals surface area contributed by atoms with Crippen LogP contribution in [0.15, 0.2) is 33.9 Å². The maximum absolute atomic E-state index is 12.6. The molecule has 2 aromatic rings. The molecule has 0 aliphatic carbocycles. The minimum atomic E-state index is -0.227. The van der Waals surface area contributed by atoms with Crippen molar-refractivity contribution >= 4 is 17.7 Å². The zero-order valence-electron chi connectivity index (χ0n) is 16.9. The molecule has 5 nitrogen and oxygen atoms in total. The van der Waals surface area contributed by atoms with Crippen molar-refractivity contribution in [1.82, 2.24) is 15.1 Å². The lowest BCUT2D eigenvalue weighted by atomic mass is 9.87. The molecule has 3 rings (SSSR count). The standard InChI is InChI=1S/C21H29N3O2S/c1-14-10-12-24(13-11-14)19(25)15(2)27-20-23-22-18(26-20)16-6-8-17(9-7-16)21(3,4)5/h6-9,14-15H,10-13H2,1-5H3/t15-/m0/s1. The summed E-state index contributed by atoms with van der Waals surface area (Å²) >= 11 is 1.34. The third-order valence-corrected chi connectivity index (χ3v) is 6.05. The fraction of sp³-hybridized carbons (Fsp3) is 0.571. The van der Waals surface area contributed by atoms with Crippen molar-refractivity contribution in [3.8, 4) is 11.5 Å². The zero-order valence-corrected chi connectivity index (χ0v) is 17.7. The van der Waals surface area contributed by atoms with E-state index in [-0.39, 0.29) is 16.6 Å². The molecule has 0 radical (unpaired) electrons. The lowest BCUT2D eigenvalue weighted by Gasteiger charge is -2.31. The van der Waals surface area contributed by atoms with Crippen LogP contribution in [0.3, 0.4) is 0 Å². The van der Waals surface area contributed by atoms with Crippen LogP contribution in [0.2, 0.25) is 0 Å². The maximum Gasteiger partial charge on any atom is 0.277 e. The summed E-state index contributed by atoms with van der Waals surface area (Å²) in [5.74, 6) is 1.35. The van der Waals surface area contributed by atoms with Gasteiger partial charge in [0.15, 0.2) is 0 Å². The van der Waals surface area contributed by atoms with Gasteiger partial charge < -0.3 is 9.32 Å². The Bertz CT molecular complexity index is 771. The number of aromatic nitrogens is 2. The second-order valence-corrected chi connectivity index (χ2v) is 9.76. The van der Waals surface area contributed by atoms with Crippen molar-refractivity contribution in [1.29, 1.82) is 0 Å². The second kappa shape index (κ2) is 8.05. The number of benzene rings is 1. The predicted molar refractivity (Wildman–Crippen MR) is 109 cm³/mol. The molecule has 6 heteroatoms. The fourth-order valence-corrected chi connectivity index (χ4v) is 3.94. The van der Waals surface area contributed by atoms with Gasteiger partial charge in [-0.1, -0.05) is 51.6 Å². The first-order valence-electron chi connectivity index (χ1n) is 9.64. The van der Waals surface area contributed by atoms with Gasteiger partial charge in [0.1, 0.15) is 0 Å². The molecule has 1 amide bonds. The maximum atomic E-state index is 12.6. The van der Waals surface area contributed by atoms with Crippen molar-refractivity contribution in [2.75, 3.05) is 13.1 Å². The van der Waals surface area contributed by atoms with E-state index in [4.69, 9.17) is 4.42 Å². The monoisotopic (exact) mass is 387 g/mol. The van der Waals surface area contributed by atoms with Gasteiger partial charge in [-0.05, 0) is 48.8 Å². The van der Waals surface area contributed by atoms with Gasteiger partial charge in [-0.2, -0.15) is 0 Å². The summed E-state index contributed by atoms with van der Waals surface area (Å²) in [6, 6.07) is 8.20. The summed E-state index contributed by atoms with van der Waals surface area (Å²) in [4.78, 5) is 14.6. The average Bonchev–Trinajstić information content (AvgIpc) is 3.09. The largest absolute Gasteiger partial charge is 0.411 e. The van der Waals surface area contributed by atoms with E-state index in [0.717, 1.165) is 31.5 Å². The SMILES string of the molecule is CC1CCN(C(=O)[C@H](C)Sc2nnc(-c3ccc(C(C)(C)C)cc3)o2)CC1. The highest BCUT2D eigenvalue weighted by Gasteiger charge is 2.26. The molecule has 1 atom stereocenters. The van der Waals surface area contributed by atoms with E-state index in [1.165, 1.54) is 17.3 Å². The molecule has 1 aliphatic rings. The Labute approximate surface area is 165 Å². The lowest BCUT2D eigenvalue weighted by Crippen LogP contribution is -2.41. The van der Waals surface area contributed by atoms with Crippen LogP contribution in [-0.2, 0) is 10.2 Å². The van der Waals surface area contributed by atoms with Crippen LogP contribution in [0, 0.1) is 5.92 Å². The van der Waals surface area contributed by atoms with Gasteiger partial charge in [-0.25, -0.2) is 0 Å². The molecule has 1 fully saturated rings. The van der Waals surface area contributed by atoms with Crippen LogP contribution in [-0.4, -0.2) is 39.3 Å². The van der Waals surface area contributed by atoms with E-state index in [2.05, 4.69) is 50.0 Å². The van der Waals surface area contributed by atoms with Crippen LogP contribution in [0.1, 0.15) is 53.0 Å². The number of likely N-dealkylation sites (tertiary alicyclic amines) is 1. The molecule has 0 saturated carbocycles. The molecular formula is C21H29N3O2S. The fourth-order valence-electron chi connectivity index (χ4n) is 3.17. The molecule has 1 aromatic carbocycles. The number of thioether (sulfide) groups is 1. The number of carbonyl (C=O) groups is 1. The molecule has 146 valence electrons. The summed E-state index contributed by atoms with van der Waals surface area (Å²) in [5, 5.41) is 8.48. The lowest BCUT2D eigenvalue weighted by molar-refractivity contribution is -0.131. The average molecular weight is 388 g/mol. The number of amides is 1. The van der Waals surface area contributed by atoms with Gasteiger partial charge in [0.2, 0.25) is 11.8 Å². The summed E-state index contributed by atoms with van der Waals surface area (Å²) in [7, 11) is 0. The van der Waals surface area contributed by atoms with Crippen LogP contribution in [0.5, 0.6) is 0 Å². The molecule has 2 heterocycles. The Morgan fingerprint density at radius 1 is 1.19 bits per heavy atom. The summed E-state index contributed by atoms with van der Waals surface area (Å²) in [5.41, 5.74) is 2.26. The first-order chi connectivity index (χ1) is 12.7. The number of hydrogen-bond donors (Lipinski definition) is 0. The number of hydrogen-bond acceptors (Lipinski definition) is 5. The van der Waals surface area contributed by atoms with Crippen molar-refractivity contribution in [2.24, 2.45) is 5.92 Å². The number of nitrogens with zero attached hydrogens (tertiary/aromatic N) is 3. The van der Waals surface area contributed by atoms with E-state index < -0.39 is 0 Å². The zero-order chi connectivity index (χ0) is 19.6. The molecule has 0 bridgehead atoms. The Kier molecular flexibility index (Phi) is 5.94.